The predicted molar refractivity (Wildman–Crippen MR) is 99.2 cm³/mol. The first kappa shape index (κ1) is 23.2. The highest BCUT2D eigenvalue weighted by Crippen LogP contribution is 2.26. The summed E-state index contributed by atoms with van der Waals surface area (Å²) in [5, 5.41) is -0.278. The van der Waals surface area contributed by atoms with E-state index in [2.05, 4.69) is 4.74 Å². The summed E-state index contributed by atoms with van der Waals surface area (Å²) < 4.78 is 93.5. The average Bonchev–Trinajstić information content (AvgIpc) is 2.69. The smallest absolute Gasteiger partial charge is 0.406 e. The van der Waals surface area contributed by atoms with Crippen molar-refractivity contribution in [3.8, 4) is 5.75 Å². The van der Waals surface area contributed by atoms with Crippen molar-refractivity contribution in [3.63, 3.8) is 0 Å². The van der Waals surface area contributed by atoms with Crippen LogP contribution >= 0.6 is 11.6 Å². The van der Waals surface area contributed by atoms with Crippen molar-refractivity contribution >= 4 is 27.5 Å². The van der Waals surface area contributed by atoms with Gasteiger partial charge in [-0.3, -0.25) is 4.79 Å². The van der Waals surface area contributed by atoms with Gasteiger partial charge < -0.3 is 9.64 Å². The number of alkyl halides is 3. The Morgan fingerprint density at radius 1 is 0.968 bits per heavy atom. The summed E-state index contributed by atoms with van der Waals surface area (Å²) >= 11 is 5.81. The minimum atomic E-state index is -4.90. The first-order chi connectivity index (χ1) is 14.4. The molecule has 1 fully saturated rings. The van der Waals surface area contributed by atoms with Crippen LogP contribution in [0.1, 0.15) is 10.4 Å². The largest absolute Gasteiger partial charge is 0.573 e. The summed E-state index contributed by atoms with van der Waals surface area (Å²) in [7, 11) is -4.03. The molecule has 2 aromatic rings. The van der Waals surface area contributed by atoms with Crippen LogP contribution in [0.25, 0.3) is 0 Å². The number of hydrogen-bond donors (Lipinski definition) is 0. The number of benzene rings is 2. The summed E-state index contributed by atoms with van der Waals surface area (Å²) in [4.78, 5) is 13.5. The maximum atomic E-state index is 13.4. The molecule has 0 spiro atoms. The van der Waals surface area contributed by atoms with Gasteiger partial charge in [-0.25, -0.2) is 17.2 Å². The van der Waals surface area contributed by atoms with E-state index in [9.17, 15) is 35.2 Å². The number of carbonyl (C=O) groups excluding carboxylic acids is 1. The normalized spacial score (nSPS) is 15.7. The van der Waals surface area contributed by atoms with Gasteiger partial charge in [-0.05, 0) is 36.4 Å². The Balaban J connectivity index is 1.68. The molecular weight excluding hydrogens is 471 g/mol. The van der Waals surface area contributed by atoms with Crippen LogP contribution in [-0.4, -0.2) is 56.1 Å². The molecule has 2 aromatic carbocycles. The van der Waals surface area contributed by atoms with Gasteiger partial charge in [-0.15, -0.1) is 13.2 Å². The van der Waals surface area contributed by atoms with E-state index in [4.69, 9.17) is 11.6 Å². The molecule has 0 aromatic heterocycles. The highest BCUT2D eigenvalue weighted by molar-refractivity contribution is 7.89. The maximum absolute atomic E-state index is 13.4. The number of nitrogens with zero attached hydrogens (tertiary/aromatic N) is 2. The molecule has 1 heterocycles. The summed E-state index contributed by atoms with van der Waals surface area (Å²) in [6.45, 7) is -0.336. The van der Waals surface area contributed by atoms with E-state index in [1.165, 1.54) is 4.90 Å². The number of piperazine rings is 1. The number of ether oxygens (including phenoxy) is 1. The maximum Gasteiger partial charge on any atom is 0.573 e. The second kappa shape index (κ2) is 8.60. The lowest BCUT2D eigenvalue weighted by molar-refractivity contribution is -0.274. The molecule has 1 aliphatic heterocycles. The molecule has 0 saturated carbocycles. The van der Waals surface area contributed by atoms with Crippen LogP contribution in [0.3, 0.4) is 0 Å². The fourth-order valence-corrected chi connectivity index (χ4v) is 4.60. The second-order valence-corrected chi connectivity index (χ2v) is 8.81. The topological polar surface area (TPSA) is 66.9 Å². The Morgan fingerprint density at radius 2 is 1.52 bits per heavy atom. The predicted octanol–water partition coefficient (Wildman–Crippen LogP) is 3.66. The lowest BCUT2D eigenvalue weighted by atomic mass is 10.1. The highest BCUT2D eigenvalue weighted by Gasteiger charge is 2.33. The summed E-state index contributed by atoms with van der Waals surface area (Å²) in [6, 6.07) is 5.07. The van der Waals surface area contributed by atoms with E-state index >= 15 is 0 Å². The number of amides is 1. The van der Waals surface area contributed by atoms with Crippen molar-refractivity contribution in [2.75, 3.05) is 26.2 Å². The molecule has 3 rings (SSSR count). The van der Waals surface area contributed by atoms with Crippen molar-refractivity contribution in [1.29, 1.82) is 0 Å². The van der Waals surface area contributed by atoms with Gasteiger partial charge >= 0.3 is 6.36 Å². The Kier molecular flexibility index (Phi) is 6.44. The van der Waals surface area contributed by atoms with Gasteiger partial charge in [-0.2, -0.15) is 4.31 Å². The number of rotatable bonds is 4. The number of carbonyl (C=O) groups is 1. The van der Waals surface area contributed by atoms with Gasteiger partial charge in [0.25, 0.3) is 5.91 Å². The minimum Gasteiger partial charge on any atom is -0.406 e. The van der Waals surface area contributed by atoms with Crippen molar-refractivity contribution in [3.05, 3.63) is 58.6 Å². The molecule has 6 nitrogen and oxygen atoms in total. The van der Waals surface area contributed by atoms with E-state index < -0.39 is 39.7 Å². The zero-order valence-electron chi connectivity index (χ0n) is 15.5. The fraction of sp³-hybridized carbons (Fsp3) is 0.278. The molecule has 0 unspecified atom stereocenters. The summed E-state index contributed by atoms with van der Waals surface area (Å²) in [6.07, 6.45) is -4.90. The molecule has 0 radical (unpaired) electrons. The van der Waals surface area contributed by atoms with Gasteiger partial charge in [-0.1, -0.05) is 11.6 Å². The van der Waals surface area contributed by atoms with Crippen LogP contribution in [0.15, 0.2) is 41.3 Å². The number of hydrogen-bond acceptors (Lipinski definition) is 4. The van der Waals surface area contributed by atoms with Crippen molar-refractivity contribution in [2.45, 2.75) is 11.3 Å². The Labute approximate surface area is 178 Å². The summed E-state index contributed by atoms with van der Waals surface area (Å²) in [5.74, 6) is -3.70. The fourth-order valence-electron chi connectivity index (χ4n) is 2.95. The number of sulfonamides is 1. The van der Waals surface area contributed by atoms with E-state index in [1.807, 2.05) is 0 Å². The Bertz CT molecular complexity index is 1090. The summed E-state index contributed by atoms with van der Waals surface area (Å²) in [5.41, 5.74) is -0.253. The molecule has 168 valence electrons. The van der Waals surface area contributed by atoms with Gasteiger partial charge in [0, 0.05) is 26.2 Å². The molecular formula is C18H14ClF5N2O4S. The van der Waals surface area contributed by atoms with Crippen LogP contribution in [0.5, 0.6) is 5.75 Å². The molecule has 0 aliphatic carbocycles. The van der Waals surface area contributed by atoms with Crippen molar-refractivity contribution in [2.24, 2.45) is 0 Å². The quantitative estimate of drug-likeness (QED) is 0.491. The minimum absolute atomic E-state index is 0.0529. The van der Waals surface area contributed by atoms with Crippen molar-refractivity contribution < 1.29 is 39.9 Å². The Morgan fingerprint density at radius 3 is 2.06 bits per heavy atom. The standard InChI is InChI=1S/C18H14ClF5N2O4S/c19-14-10-16(21)15(20)9-13(14)17(27)25-5-7-26(8-6-25)31(28,29)12-3-1-11(2-4-12)30-18(22,23)24/h1-4,9-10H,5-8H2. The SMILES string of the molecule is O=C(c1cc(F)c(F)cc1Cl)N1CCN(S(=O)(=O)c2ccc(OC(F)(F)F)cc2)CC1. The van der Waals surface area contributed by atoms with Gasteiger partial charge in [0.2, 0.25) is 10.0 Å². The van der Waals surface area contributed by atoms with Gasteiger partial charge in [0.1, 0.15) is 5.75 Å². The van der Waals surface area contributed by atoms with Crippen LogP contribution < -0.4 is 4.74 Å². The van der Waals surface area contributed by atoms with E-state index in [0.717, 1.165) is 28.6 Å². The van der Waals surface area contributed by atoms with Gasteiger partial charge in [0.15, 0.2) is 11.6 Å². The van der Waals surface area contributed by atoms with E-state index in [0.29, 0.717) is 12.1 Å². The Hall–Kier alpha value is -2.44. The zero-order chi connectivity index (χ0) is 23.0. The molecule has 0 N–H and O–H groups in total. The first-order valence-electron chi connectivity index (χ1n) is 8.68. The molecule has 1 saturated heterocycles. The molecule has 0 bridgehead atoms. The third-order valence-electron chi connectivity index (χ3n) is 4.46. The average molecular weight is 485 g/mol. The first-order valence-corrected chi connectivity index (χ1v) is 10.5. The third kappa shape index (κ3) is 5.25. The van der Waals surface area contributed by atoms with Crippen LogP contribution in [0.2, 0.25) is 5.02 Å². The molecule has 0 atom stereocenters. The van der Waals surface area contributed by atoms with E-state index in [-0.39, 0.29) is 41.7 Å². The number of halogens is 6. The van der Waals surface area contributed by atoms with Gasteiger partial charge in [0.05, 0.1) is 15.5 Å². The molecule has 1 amide bonds. The third-order valence-corrected chi connectivity index (χ3v) is 6.69. The molecule has 1 aliphatic rings. The second-order valence-electron chi connectivity index (χ2n) is 6.46. The molecule has 13 heteroatoms. The van der Waals surface area contributed by atoms with E-state index in [1.54, 1.807) is 0 Å². The van der Waals surface area contributed by atoms with Crippen LogP contribution in [0.4, 0.5) is 22.0 Å². The molecule has 31 heavy (non-hydrogen) atoms. The van der Waals surface area contributed by atoms with Crippen LogP contribution in [-0.2, 0) is 10.0 Å². The lowest BCUT2D eigenvalue weighted by Crippen LogP contribution is -2.50. The zero-order valence-corrected chi connectivity index (χ0v) is 17.1. The van der Waals surface area contributed by atoms with Crippen LogP contribution in [0, 0.1) is 11.6 Å². The highest BCUT2D eigenvalue weighted by atomic mass is 35.5. The monoisotopic (exact) mass is 484 g/mol. The van der Waals surface area contributed by atoms with Crippen molar-refractivity contribution in [1.82, 2.24) is 9.21 Å². The lowest BCUT2D eigenvalue weighted by Gasteiger charge is -2.34.